The van der Waals surface area contributed by atoms with E-state index in [4.69, 9.17) is 19.0 Å². The van der Waals surface area contributed by atoms with Crippen molar-refractivity contribution in [3.8, 4) is 5.75 Å². The van der Waals surface area contributed by atoms with Gasteiger partial charge in [0.05, 0.1) is 19.6 Å². The molecule has 1 amide bonds. The van der Waals surface area contributed by atoms with E-state index in [0.29, 0.717) is 16.8 Å². The van der Waals surface area contributed by atoms with E-state index in [1.165, 1.54) is 13.2 Å². The van der Waals surface area contributed by atoms with Gasteiger partial charge in [-0.25, -0.2) is 9.78 Å². The molecule has 9 nitrogen and oxygen atoms in total. The molecule has 2 unspecified atom stereocenters. The Morgan fingerprint density at radius 2 is 2.24 bits per heavy atom. The molecule has 134 valence electrons. The summed E-state index contributed by atoms with van der Waals surface area (Å²) in [4.78, 5) is 26.8. The van der Waals surface area contributed by atoms with E-state index in [-0.39, 0.29) is 12.5 Å². The number of carbonyl (C=O) groups excluding carboxylic acids is 1. The number of carboxylic acid groups (broad SMARTS) is 1. The van der Waals surface area contributed by atoms with Gasteiger partial charge >= 0.3 is 12.1 Å². The van der Waals surface area contributed by atoms with Gasteiger partial charge in [-0.15, -0.1) is 0 Å². The van der Waals surface area contributed by atoms with Gasteiger partial charge in [0.15, 0.2) is 17.4 Å². The Hall–Kier alpha value is -3.07. The summed E-state index contributed by atoms with van der Waals surface area (Å²) in [5, 5.41) is 21.7. The highest BCUT2D eigenvalue weighted by Gasteiger charge is 2.30. The first-order valence-corrected chi connectivity index (χ1v) is 7.33. The Morgan fingerprint density at radius 1 is 1.48 bits per heavy atom. The molecule has 0 aliphatic heterocycles. The van der Waals surface area contributed by atoms with E-state index in [2.05, 4.69) is 16.9 Å². The summed E-state index contributed by atoms with van der Waals surface area (Å²) in [6, 6.07) is 3.80. The van der Waals surface area contributed by atoms with Crippen LogP contribution in [-0.2, 0) is 9.53 Å². The minimum absolute atomic E-state index is 0.0538. The van der Waals surface area contributed by atoms with E-state index in [0.717, 1.165) is 0 Å². The number of carbonyl (C=O) groups is 2. The van der Waals surface area contributed by atoms with Crippen molar-refractivity contribution in [2.24, 2.45) is 0 Å². The molecule has 1 aromatic carbocycles. The maximum Gasteiger partial charge on any atom is 0.407 e. The lowest BCUT2D eigenvalue weighted by molar-refractivity contribution is -0.138. The number of hydrogen-bond acceptors (Lipinski definition) is 7. The molecule has 1 heterocycles. The van der Waals surface area contributed by atoms with Gasteiger partial charge in [-0.2, -0.15) is 0 Å². The summed E-state index contributed by atoms with van der Waals surface area (Å²) in [6.07, 6.45) is -1.58. The quantitative estimate of drug-likeness (QED) is 0.612. The van der Waals surface area contributed by atoms with Gasteiger partial charge in [0.25, 0.3) is 0 Å². The second-order valence-electron chi connectivity index (χ2n) is 5.04. The van der Waals surface area contributed by atoms with Crippen LogP contribution in [0.4, 0.5) is 4.79 Å². The first-order valence-electron chi connectivity index (χ1n) is 7.33. The average molecular weight is 350 g/mol. The first-order chi connectivity index (χ1) is 12.0. The number of aliphatic hydroxyl groups is 1. The number of amides is 1. The number of nitrogens with zero attached hydrogens (tertiary/aromatic N) is 1. The monoisotopic (exact) mass is 350 g/mol. The van der Waals surface area contributed by atoms with E-state index in [1.807, 2.05) is 0 Å². The van der Waals surface area contributed by atoms with Gasteiger partial charge in [0.1, 0.15) is 12.1 Å². The third-order valence-corrected chi connectivity index (χ3v) is 3.28. The second kappa shape index (κ2) is 8.15. The van der Waals surface area contributed by atoms with Crippen molar-refractivity contribution >= 4 is 23.2 Å². The number of hydrogen-bond donors (Lipinski definition) is 3. The fourth-order valence-electron chi connectivity index (χ4n) is 2.16. The summed E-state index contributed by atoms with van der Waals surface area (Å²) in [6.45, 7) is 3.34. The minimum Gasteiger partial charge on any atom is -0.493 e. The highest BCUT2D eigenvalue weighted by molar-refractivity contribution is 5.79. The van der Waals surface area contributed by atoms with Crippen LogP contribution in [0.3, 0.4) is 0 Å². The van der Waals surface area contributed by atoms with Crippen LogP contribution in [0.15, 0.2) is 35.3 Å². The molecule has 0 saturated heterocycles. The lowest BCUT2D eigenvalue weighted by atomic mass is 10.1. The molecule has 9 heteroatoms. The van der Waals surface area contributed by atoms with Gasteiger partial charge in [-0.3, -0.25) is 4.79 Å². The maximum absolute atomic E-state index is 11.6. The highest BCUT2D eigenvalue weighted by Crippen LogP contribution is 2.29. The van der Waals surface area contributed by atoms with Crippen molar-refractivity contribution in [1.29, 1.82) is 0 Å². The Labute approximate surface area is 142 Å². The van der Waals surface area contributed by atoms with Gasteiger partial charge in [-0.05, 0) is 12.1 Å². The zero-order valence-corrected chi connectivity index (χ0v) is 13.5. The summed E-state index contributed by atoms with van der Waals surface area (Å²) in [5.41, 5.74) is 0.735. The van der Waals surface area contributed by atoms with Crippen molar-refractivity contribution in [2.75, 3.05) is 13.7 Å². The smallest absolute Gasteiger partial charge is 0.407 e. The molecule has 25 heavy (non-hydrogen) atoms. The molecule has 0 bridgehead atoms. The van der Waals surface area contributed by atoms with Crippen molar-refractivity contribution in [2.45, 2.75) is 18.6 Å². The molecular formula is C16H18N2O7. The molecular weight excluding hydrogens is 332 g/mol. The van der Waals surface area contributed by atoms with Crippen molar-refractivity contribution in [3.05, 3.63) is 36.7 Å². The van der Waals surface area contributed by atoms with Crippen LogP contribution in [-0.4, -0.2) is 47.0 Å². The third kappa shape index (κ3) is 4.48. The number of fused-ring (bicyclic) bond motifs is 1. The minimum atomic E-state index is -1.50. The molecule has 2 rings (SSSR count). The van der Waals surface area contributed by atoms with Crippen LogP contribution in [0.5, 0.6) is 5.75 Å². The van der Waals surface area contributed by atoms with E-state index in [1.54, 1.807) is 18.2 Å². The van der Waals surface area contributed by atoms with Crippen molar-refractivity contribution in [3.63, 3.8) is 0 Å². The molecule has 0 saturated carbocycles. The van der Waals surface area contributed by atoms with Crippen LogP contribution in [0.2, 0.25) is 0 Å². The predicted molar refractivity (Wildman–Crippen MR) is 86.2 cm³/mol. The second-order valence-corrected chi connectivity index (χ2v) is 5.04. The molecule has 1 aromatic heterocycles. The Balaban J connectivity index is 2.25. The molecule has 0 aliphatic carbocycles. The molecule has 0 aliphatic rings. The highest BCUT2D eigenvalue weighted by atomic mass is 16.5. The number of benzene rings is 1. The van der Waals surface area contributed by atoms with Crippen molar-refractivity contribution < 1.29 is 33.7 Å². The van der Waals surface area contributed by atoms with Gasteiger partial charge in [0.2, 0.25) is 5.89 Å². The number of oxazole rings is 1. The fourth-order valence-corrected chi connectivity index (χ4v) is 2.16. The topological polar surface area (TPSA) is 131 Å². The number of nitrogens with one attached hydrogen (secondary N) is 1. The number of aliphatic hydroxyl groups excluding tert-OH is 1. The van der Waals surface area contributed by atoms with E-state index in [9.17, 15) is 14.7 Å². The van der Waals surface area contributed by atoms with Crippen LogP contribution in [0.1, 0.15) is 18.4 Å². The number of methoxy groups -OCH3 is 1. The summed E-state index contributed by atoms with van der Waals surface area (Å²) >= 11 is 0. The number of carboxylic acids is 1. The predicted octanol–water partition coefficient (Wildman–Crippen LogP) is 1.63. The number of rotatable bonds is 8. The average Bonchev–Trinajstić information content (AvgIpc) is 3.02. The van der Waals surface area contributed by atoms with Crippen LogP contribution >= 0.6 is 0 Å². The molecule has 2 atom stereocenters. The molecule has 0 spiro atoms. The number of alkyl carbamates (subject to hydrolysis) is 1. The van der Waals surface area contributed by atoms with Gasteiger partial charge < -0.3 is 29.4 Å². The van der Waals surface area contributed by atoms with E-state index >= 15 is 0 Å². The zero-order chi connectivity index (χ0) is 18.4. The summed E-state index contributed by atoms with van der Waals surface area (Å²) in [7, 11) is 1.46. The maximum atomic E-state index is 11.6. The Morgan fingerprint density at radius 3 is 2.88 bits per heavy atom. The zero-order valence-electron chi connectivity index (χ0n) is 13.5. The largest absolute Gasteiger partial charge is 0.493 e. The van der Waals surface area contributed by atoms with Crippen molar-refractivity contribution in [1.82, 2.24) is 10.3 Å². The van der Waals surface area contributed by atoms with Crippen LogP contribution in [0, 0.1) is 0 Å². The van der Waals surface area contributed by atoms with Crippen LogP contribution < -0.4 is 10.1 Å². The lowest BCUT2D eigenvalue weighted by Gasteiger charge is -2.20. The van der Waals surface area contributed by atoms with Gasteiger partial charge in [0, 0.05) is 0 Å². The Kier molecular flexibility index (Phi) is 5.96. The normalized spacial score (nSPS) is 13.0. The number of para-hydroxylation sites is 1. The number of ether oxygens (including phenoxy) is 2. The standard InChI is InChI=1S/C16H18N2O7/c1-3-7-24-16(22)18-10(8-12(19)20)13(21)15-17-9-5-4-6-11(23-2)14(9)25-15/h3-6,10,13,21H,1,7-8H2,2H3,(H,18,22)(H,19,20). The lowest BCUT2D eigenvalue weighted by Crippen LogP contribution is -2.41. The van der Waals surface area contributed by atoms with E-state index < -0.39 is 30.6 Å². The number of aromatic nitrogens is 1. The fraction of sp³-hybridized carbons (Fsp3) is 0.312. The summed E-state index contributed by atoms with van der Waals surface area (Å²) < 4.78 is 15.4. The Bertz CT molecular complexity index is 771. The van der Waals surface area contributed by atoms with Gasteiger partial charge in [-0.1, -0.05) is 18.7 Å². The first kappa shape index (κ1) is 18.3. The SMILES string of the molecule is C=CCOC(=O)NC(CC(=O)O)C(O)c1nc2cccc(OC)c2o1. The third-order valence-electron chi connectivity index (χ3n) is 3.28. The molecule has 0 radical (unpaired) electrons. The summed E-state index contributed by atoms with van der Waals surface area (Å²) in [5.74, 6) is -0.951. The molecule has 0 fully saturated rings. The van der Waals surface area contributed by atoms with Crippen LogP contribution in [0.25, 0.3) is 11.1 Å². The molecule has 3 N–H and O–H groups in total. The molecule has 2 aromatic rings. The number of aliphatic carboxylic acids is 1.